The molecule has 0 saturated heterocycles. The Hall–Kier alpha value is -2.78. The first-order valence-electron chi connectivity index (χ1n) is 6.46. The Balaban J connectivity index is 2.04. The molecule has 1 aromatic carbocycles. The summed E-state index contributed by atoms with van der Waals surface area (Å²) in [4.78, 5) is 16.0. The highest BCUT2D eigenvalue weighted by Gasteiger charge is 2.09. The fraction of sp³-hybridized carbons (Fsp3) is 0.133. The van der Waals surface area contributed by atoms with Crippen LogP contribution in [0.5, 0.6) is 0 Å². The van der Waals surface area contributed by atoms with Crippen molar-refractivity contribution in [1.29, 1.82) is 5.26 Å². The summed E-state index contributed by atoms with van der Waals surface area (Å²) in [6.45, 7) is 3.62. The second-order valence-corrected chi connectivity index (χ2v) is 5.07. The standard InChI is InChI=1S/C15H14ClN5O/c1-9-6-10(2)18-14(13(9)8-17)20-21-15(22)19-12-5-3-4-11(16)7-12/h3-7H,1-2H3,(H,18,20)(H2,19,21,22). The van der Waals surface area contributed by atoms with Gasteiger partial charge in [-0.3, -0.25) is 10.9 Å². The SMILES string of the molecule is Cc1cc(C)c(C#N)c(NNC(=O)Nc2cccc(Cl)c2)n1. The third-order valence-corrected chi connectivity index (χ3v) is 3.07. The number of rotatable bonds is 3. The molecular formula is C15H14ClN5O. The first-order valence-corrected chi connectivity index (χ1v) is 6.84. The van der Waals surface area contributed by atoms with E-state index in [0.29, 0.717) is 22.1 Å². The number of amides is 2. The lowest BCUT2D eigenvalue weighted by molar-refractivity contribution is 0.254. The Kier molecular flexibility index (Phi) is 4.81. The van der Waals surface area contributed by atoms with Gasteiger partial charge in [0, 0.05) is 16.4 Å². The van der Waals surface area contributed by atoms with Crippen molar-refractivity contribution in [2.45, 2.75) is 13.8 Å². The van der Waals surface area contributed by atoms with Gasteiger partial charge in [0.05, 0.1) is 5.56 Å². The normalized spacial score (nSPS) is 9.73. The molecule has 0 saturated carbocycles. The molecule has 1 aromatic heterocycles. The largest absolute Gasteiger partial charge is 0.337 e. The molecule has 6 nitrogen and oxygen atoms in total. The summed E-state index contributed by atoms with van der Waals surface area (Å²) < 4.78 is 0. The van der Waals surface area contributed by atoms with E-state index in [1.165, 1.54) is 0 Å². The van der Waals surface area contributed by atoms with Gasteiger partial charge in [-0.25, -0.2) is 9.78 Å². The van der Waals surface area contributed by atoms with E-state index in [0.717, 1.165) is 11.3 Å². The zero-order chi connectivity index (χ0) is 16.1. The zero-order valence-corrected chi connectivity index (χ0v) is 12.8. The van der Waals surface area contributed by atoms with Crippen LogP contribution in [0.15, 0.2) is 30.3 Å². The molecule has 0 atom stereocenters. The molecule has 0 spiro atoms. The van der Waals surface area contributed by atoms with Gasteiger partial charge in [0.1, 0.15) is 6.07 Å². The summed E-state index contributed by atoms with van der Waals surface area (Å²) in [6.07, 6.45) is 0. The molecule has 0 bridgehead atoms. The summed E-state index contributed by atoms with van der Waals surface area (Å²) >= 11 is 5.84. The van der Waals surface area contributed by atoms with Crippen LogP contribution in [0, 0.1) is 25.2 Å². The maximum Gasteiger partial charge on any atom is 0.337 e. The van der Waals surface area contributed by atoms with Gasteiger partial charge in [0.25, 0.3) is 0 Å². The smallest absolute Gasteiger partial charge is 0.307 e. The molecule has 0 unspecified atom stereocenters. The average molecular weight is 316 g/mol. The lowest BCUT2D eigenvalue weighted by atomic mass is 10.1. The number of benzene rings is 1. The third-order valence-electron chi connectivity index (χ3n) is 2.83. The molecule has 2 rings (SSSR count). The quantitative estimate of drug-likeness (QED) is 0.757. The molecule has 22 heavy (non-hydrogen) atoms. The van der Waals surface area contributed by atoms with Gasteiger partial charge < -0.3 is 5.32 Å². The Bertz CT molecular complexity index is 754. The monoisotopic (exact) mass is 315 g/mol. The molecule has 112 valence electrons. The summed E-state index contributed by atoms with van der Waals surface area (Å²) in [5.41, 5.74) is 7.56. The van der Waals surface area contributed by atoms with E-state index < -0.39 is 6.03 Å². The van der Waals surface area contributed by atoms with E-state index in [1.54, 1.807) is 30.3 Å². The van der Waals surface area contributed by atoms with Crippen molar-refractivity contribution in [3.63, 3.8) is 0 Å². The van der Waals surface area contributed by atoms with E-state index in [9.17, 15) is 4.79 Å². The first kappa shape index (κ1) is 15.6. The van der Waals surface area contributed by atoms with E-state index in [2.05, 4.69) is 27.2 Å². The number of halogens is 1. The molecule has 0 radical (unpaired) electrons. The Labute approximate surface area is 133 Å². The van der Waals surface area contributed by atoms with Crippen molar-refractivity contribution in [2.75, 3.05) is 10.7 Å². The number of nitrogens with zero attached hydrogens (tertiary/aromatic N) is 2. The summed E-state index contributed by atoms with van der Waals surface area (Å²) in [5.74, 6) is 0.307. The lowest BCUT2D eigenvalue weighted by Gasteiger charge is -2.12. The van der Waals surface area contributed by atoms with Gasteiger partial charge in [0.15, 0.2) is 5.82 Å². The minimum absolute atomic E-state index is 0.307. The predicted molar refractivity (Wildman–Crippen MR) is 85.7 cm³/mol. The van der Waals surface area contributed by atoms with Gasteiger partial charge in [-0.15, -0.1) is 0 Å². The molecule has 2 aromatic rings. The first-order chi connectivity index (χ1) is 10.5. The van der Waals surface area contributed by atoms with Gasteiger partial charge in [-0.1, -0.05) is 17.7 Å². The number of aryl methyl sites for hydroxylation is 2. The number of hydrogen-bond donors (Lipinski definition) is 3. The highest BCUT2D eigenvalue weighted by Crippen LogP contribution is 2.17. The maximum absolute atomic E-state index is 11.8. The molecule has 1 heterocycles. The van der Waals surface area contributed by atoms with Gasteiger partial charge >= 0.3 is 6.03 Å². The van der Waals surface area contributed by atoms with Crippen molar-refractivity contribution in [2.24, 2.45) is 0 Å². The number of aromatic nitrogens is 1. The highest BCUT2D eigenvalue weighted by molar-refractivity contribution is 6.30. The van der Waals surface area contributed by atoms with Crippen LogP contribution >= 0.6 is 11.6 Å². The van der Waals surface area contributed by atoms with Crippen LogP contribution in [0.2, 0.25) is 5.02 Å². The van der Waals surface area contributed by atoms with Crippen LogP contribution in [0.3, 0.4) is 0 Å². The van der Waals surface area contributed by atoms with Crippen LogP contribution in [-0.2, 0) is 0 Å². The van der Waals surface area contributed by atoms with Crippen molar-refractivity contribution in [1.82, 2.24) is 10.4 Å². The van der Waals surface area contributed by atoms with E-state index in [1.807, 2.05) is 13.8 Å². The fourth-order valence-corrected chi connectivity index (χ4v) is 2.10. The zero-order valence-electron chi connectivity index (χ0n) is 12.1. The van der Waals surface area contributed by atoms with E-state index in [4.69, 9.17) is 16.9 Å². The van der Waals surface area contributed by atoms with Crippen LogP contribution in [-0.4, -0.2) is 11.0 Å². The molecule has 3 N–H and O–H groups in total. The Morgan fingerprint density at radius 2 is 2.09 bits per heavy atom. The number of urea groups is 1. The van der Waals surface area contributed by atoms with Crippen molar-refractivity contribution < 1.29 is 4.79 Å². The minimum atomic E-state index is -0.493. The highest BCUT2D eigenvalue weighted by atomic mass is 35.5. The van der Waals surface area contributed by atoms with Crippen molar-refractivity contribution >= 4 is 29.1 Å². The molecule has 0 fully saturated rings. The molecule has 0 aliphatic heterocycles. The van der Waals surface area contributed by atoms with Crippen LogP contribution < -0.4 is 16.2 Å². The molecular weight excluding hydrogens is 302 g/mol. The predicted octanol–water partition coefficient (Wildman–Crippen LogP) is 3.37. The molecule has 0 aliphatic carbocycles. The summed E-state index contributed by atoms with van der Waals surface area (Å²) in [7, 11) is 0. The number of carbonyl (C=O) groups is 1. The van der Waals surface area contributed by atoms with Crippen LogP contribution in [0.25, 0.3) is 0 Å². The van der Waals surface area contributed by atoms with Gasteiger partial charge in [0.2, 0.25) is 0 Å². The van der Waals surface area contributed by atoms with Gasteiger partial charge in [-0.05, 0) is 43.7 Å². The summed E-state index contributed by atoms with van der Waals surface area (Å²) in [6, 6.07) is 10.1. The van der Waals surface area contributed by atoms with Crippen molar-refractivity contribution in [3.8, 4) is 6.07 Å². The second-order valence-electron chi connectivity index (χ2n) is 4.63. The lowest BCUT2D eigenvalue weighted by Crippen LogP contribution is -2.34. The average Bonchev–Trinajstić information content (AvgIpc) is 2.44. The van der Waals surface area contributed by atoms with Crippen LogP contribution in [0.1, 0.15) is 16.8 Å². The van der Waals surface area contributed by atoms with E-state index in [-0.39, 0.29) is 0 Å². The fourth-order valence-electron chi connectivity index (χ4n) is 1.91. The molecule has 7 heteroatoms. The topological polar surface area (TPSA) is 89.8 Å². The second kappa shape index (κ2) is 6.78. The molecule has 0 aliphatic rings. The maximum atomic E-state index is 11.8. The number of nitrogens with one attached hydrogen (secondary N) is 3. The number of anilines is 2. The third kappa shape index (κ3) is 3.87. The number of nitriles is 1. The number of hydrogen-bond acceptors (Lipinski definition) is 4. The summed E-state index contributed by atoms with van der Waals surface area (Å²) in [5, 5.41) is 12.3. The Morgan fingerprint density at radius 3 is 2.77 bits per heavy atom. The van der Waals surface area contributed by atoms with Crippen molar-refractivity contribution in [3.05, 3.63) is 52.2 Å². The van der Waals surface area contributed by atoms with Crippen LogP contribution in [0.4, 0.5) is 16.3 Å². The Morgan fingerprint density at radius 1 is 1.32 bits per heavy atom. The molecule has 2 amide bonds. The number of carbonyl (C=O) groups excluding carboxylic acids is 1. The van der Waals surface area contributed by atoms with Gasteiger partial charge in [-0.2, -0.15) is 5.26 Å². The number of pyridine rings is 1. The van der Waals surface area contributed by atoms with E-state index >= 15 is 0 Å². The minimum Gasteiger partial charge on any atom is -0.307 e. The number of hydrazine groups is 1.